The van der Waals surface area contributed by atoms with E-state index in [1.54, 1.807) is 12.1 Å². The molecule has 5 heteroatoms. The van der Waals surface area contributed by atoms with Crippen LogP contribution < -0.4 is 10.2 Å². The van der Waals surface area contributed by atoms with Crippen molar-refractivity contribution < 1.29 is 9.90 Å². The Hall–Kier alpha value is -1.07. The molecular weight excluding hydrogens is 272 g/mol. The minimum absolute atomic E-state index is 0.316. The molecule has 0 bridgehead atoms. The molecule has 1 aliphatic heterocycles. The molecule has 1 aromatic rings. The zero-order valence-electron chi connectivity index (χ0n) is 8.74. The highest BCUT2D eigenvalue weighted by atomic mass is 79.9. The van der Waals surface area contributed by atoms with Gasteiger partial charge in [-0.15, -0.1) is 0 Å². The Morgan fingerprint density at radius 2 is 2.06 bits per heavy atom. The van der Waals surface area contributed by atoms with Crippen molar-refractivity contribution >= 4 is 27.6 Å². The first kappa shape index (κ1) is 11.4. The number of benzene rings is 1. The van der Waals surface area contributed by atoms with Gasteiger partial charge in [-0.2, -0.15) is 0 Å². The van der Waals surface area contributed by atoms with Gasteiger partial charge in [-0.3, -0.25) is 0 Å². The summed E-state index contributed by atoms with van der Waals surface area (Å²) in [5.41, 5.74) is 1.29. The van der Waals surface area contributed by atoms with Crippen LogP contribution in [0.15, 0.2) is 22.7 Å². The summed E-state index contributed by atoms with van der Waals surface area (Å²) in [6.45, 7) is 3.72. The Morgan fingerprint density at radius 3 is 2.69 bits per heavy atom. The van der Waals surface area contributed by atoms with E-state index in [9.17, 15) is 4.79 Å². The second kappa shape index (κ2) is 4.84. The van der Waals surface area contributed by atoms with Crippen LogP contribution in [0.2, 0.25) is 0 Å². The molecule has 4 nitrogen and oxygen atoms in total. The van der Waals surface area contributed by atoms with Crippen molar-refractivity contribution in [1.29, 1.82) is 0 Å². The molecule has 16 heavy (non-hydrogen) atoms. The van der Waals surface area contributed by atoms with E-state index in [0.717, 1.165) is 31.9 Å². The first-order chi connectivity index (χ1) is 7.68. The van der Waals surface area contributed by atoms with Crippen LogP contribution in [-0.4, -0.2) is 37.3 Å². The van der Waals surface area contributed by atoms with Crippen molar-refractivity contribution in [2.75, 3.05) is 31.1 Å². The van der Waals surface area contributed by atoms with Crippen LogP contribution in [0.3, 0.4) is 0 Å². The van der Waals surface area contributed by atoms with E-state index in [2.05, 4.69) is 26.1 Å². The van der Waals surface area contributed by atoms with E-state index in [4.69, 9.17) is 5.11 Å². The van der Waals surface area contributed by atoms with Crippen LogP contribution in [0.5, 0.6) is 0 Å². The molecule has 0 radical (unpaired) electrons. The number of hydrogen-bond acceptors (Lipinski definition) is 3. The van der Waals surface area contributed by atoms with Gasteiger partial charge < -0.3 is 15.3 Å². The van der Waals surface area contributed by atoms with E-state index < -0.39 is 5.97 Å². The molecule has 0 saturated carbocycles. The van der Waals surface area contributed by atoms with Crippen molar-refractivity contribution in [3.05, 3.63) is 28.2 Å². The van der Waals surface area contributed by atoms with E-state index >= 15 is 0 Å². The molecular formula is C11H13BrN2O2. The third kappa shape index (κ3) is 2.36. The van der Waals surface area contributed by atoms with Crippen molar-refractivity contribution in [3.63, 3.8) is 0 Å². The zero-order valence-corrected chi connectivity index (χ0v) is 10.3. The second-order valence-corrected chi connectivity index (χ2v) is 4.56. The third-order valence-corrected chi connectivity index (χ3v) is 3.35. The van der Waals surface area contributed by atoms with Crippen LogP contribution in [0.4, 0.5) is 5.69 Å². The fourth-order valence-electron chi connectivity index (χ4n) is 1.80. The van der Waals surface area contributed by atoms with Gasteiger partial charge in [0.2, 0.25) is 0 Å². The number of carboxylic acid groups (broad SMARTS) is 1. The SMILES string of the molecule is O=C(O)c1cc(N2CCNCC2)ccc1Br. The number of carboxylic acids is 1. The summed E-state index contributed by atoms with van der Waals surface area (Å²) < 4.78 is 0.624. The lowest BCUT2D eigenvalue weighted by Crippen LogP contribution is -2.43. The van der Waals surface area contributed by atoms with Gasteiger partial charge in [0.05, 0.1) is 5.56 Å². The van der Waals surface area contributed by atoms with E-state index in [1.165, 1.54) is 0 Å². The Bertz CT molecular complexity index is 403. The molecule has 0 amide bonds. The number of hydrogen-bond donors (Lipinski definition) is 2. The average Bonchev–Trinajstić information content (AvgIpc) is 2.30. The van der Waals surface area contributed by atoms with Crippen LogP contribution in [0.1, 0.15) is 10.4 Å². The standard InChI is InChI=1S/C11H13BrN2O2/c12-10-2-1-8(7-9(10)11(15)16)14-5-3-13-4-6-14/h1-2,7,13H,3-6H2,(H,15,16). The third-order valence-electron chi connectivity index (χ3n) is 2.66. The van der Waals surface area contributed by atoms with Gasteiger partial charge in [0.25, 0.3) is 0 Å². The van der Waals surface area contributed by atoms with Gasteiger partial charge in [0.1, 0.15) is 0 Å². The smallest absolute Gasteiger partial charge is 0.336 e. The summed E-state index contributed by atoms with van der Waals surface area (Å²) in [5, 5.41) is 12.3. The van der Waals surface area contributed by atoms with Crippen molar-refractivity contribution in [3.8, 4) is 0 Å². The highest BCUT2D eigenvalue weighted by Crippen LogP contribution is 2.23. The Kier molecular flexibility index (Phi) is 3.46. The molecule has 1 saturated heterocycles. The van der Waals surface area contributed by atoms with Crippen molar-refractivity contribution in [2.24, 2.45) is 0 Å². The monoisotopic (exact) mass is 284 g/mol. The maximum absolute atomic E-state index is 11.0. The van der Waals surface area contributed by atoms with Gasteiger partial charge >= 0.3 is 5.97 Å². The summed E-state index contributed by atoms with van der Waals surface area (Å²) in [6.07, 6.45) is 0. The highest BCUT2D eigenvalue weighted by Gasteiger charge is 2.14. The first-order valence-electron chi connectivity index (χ1n) is 5.17. The topological polar surface area (TPSA) is 52.6 Å². The summed E-state index contributed by atoms with van der Waals surface area (Å²) >= 11 is 3.24. The lowest BCUT2D eigenvalue weighted by Gasteiger charge is -2.29. The van der Waals surface area contributed by atoms with Crippen LogP contribution in [-0.2, 0) is 0 Å². The molecule has 0 aromatic heterocycles. The quantitative estimate of drug-likeness (QED) is 0.866. The van der Waals surface area contributed by atoms with Crippen LogP contribution in [0.25, 0.3) is 0 Å². The van der Waals surface area contributed by atoms with Crippen LogP contribution in [0, 0.1) is 0 Å². The lowest BCUT2D eigenvalue weighted by atomic mass is 10.2. The molecule has 2 N–H and O–H groups in total. The molecule has 1 fully saturated rings. The van der Waals surface area contributed by atoms with Gasteiger partial charge in [-0.25, -0.2) is 4.79 Å². The number of nitrogens with zero attached hydrogens (tertiary/aromatic N) is 1. The van der Waals surface area contributed by atoms with E-state index in [0.29, 0.717) is 10.0 Å². The summed E-state index contributed by atoms with van der Waals surface area (Å²) in [7, 11) is 0. The van der Waals surface area contributed by atoms with Crippen molar-refractivity contribution in [1.82, 2.24) is 5.32 Å². The minimum Gasteiger partial charge on any atom is -0.478 e. The first-order valence-corrected chi connectivity index (χ1v) is 5.96. The second-order valence-electron chi connectivity index (χ2n) is 3.71. The summed E-state index contributed by atoms with van der Waals surface area (Å²) in [4.78, 5) is 13.2. The molecule has 0 atom stereocenters. The molecule has 1 aromatic carbocycles. The average molecular weight is 285 g/mol. The number of anilines is 1. The van der Waals surface area contributed by atoms with E-state index in [1.807, 2.05) is 6.07 Å². The largest absolute Gasteiger partial charge is 0.478 e. The number of rotatable bonds is 2. The number of aromatic carboxylic acids is 1. The number of halogens is 1. The van der Waals surface area contributed by atoms with Gasteiger partial charge in [0.15, 0.2) is 0 Å². The molecule has 0 aliphatic carbocycles. The Balaban J connectivity index is 2.27. The summed E-state index contributed by atoms with van der Waals surface area (Å²) in [5.74, 6) is -0.899. The van der Waals surface area contributed by atoms with Crippen LogP contribution >= 0.6 is 15.9 Å². The number of nitrogens with one attached hydrogen (secondary N) is 1. The van der Waals surface area contributed by atoms with Crippen molar-refractivity contribution in [2.45, 2.75) is 0 Å². The number of carbonyl (C=O) groups is 1. The fourth-order valence-corrected chi connectivity index (χ4v) is 2.21. The minimum atomic E-state index is -0.899. The maximum atomic E-state index is 11.0. The lowest BCUT2D eigenvalue weighted by molar-refractivity contribution is 0.0696. The summed E-state index contributed by atoms with van der Waals surface area (Å²) in [6, 6.07) is 5.46. The fraction of sp³-hybridized carbons (Fsp3) is 0.364. The highest BCUT2D eigenvalue weighted by molar-refractivity contribution is 9.10. The normalized spacial score (nSPS) is 16.2. The molecule has 0 spiro atoms. The molecule has 1 heterocycles. The number of piperazine rings is 1. The predicted molar refractivity (Wildman–Crippen MR) is 66.2 cm³/mol. The predicted octanol–water partition coefficient (Wildman–Crippen LogP) is 1.56. The van der Waals surface area contributed by atoms with Gasteiger partial charge in [0, 0.05) is 36.3 Å². The zero-order chi connectivity index (χ0) is 11.5. The molecule has 2 rings (SSSR count). The van der Waals surface area contributed by atoms with Gasteiger partial charge in [-0.1, -0.05) is 0 Å². The molecule has 1 aliphatic rings. The maximum Gasteiger partial charge on any atom is 0.336 e. The van der Waals surface area contributed by atoms with E-state index in [-0.39, 0.29) is 0 Å². The Morgan fingerprint density at radius 1 is 1.38 bits per heavy atom. The molecule has 0 unspecified atom stereocenters. The molecule has 86 valence electrons. The van der Waals surface area contributed by atoms with Gasteiger partial charge in [-0.05, 0) is 34.1 Å². The Labute approximate surface area is 102 Å².